The molecule has 4 N–H and O–H groups in total. The number of carbonyl (C=O) groups excluding carboxylic acids is 1. The van der Waals surface area contributed by atoms with Gasteiger partial charge >= 0.3 is 0 Å². The second-order valence-electron chi connectivity index (χ2n) is 4.92. The quantitative estimate of drug-likeness (QED) is 0.743. The van der Waals surface area contributed by atoms with E-state index >= 15 is 0 Å². The van der Waals surface area contributed by atoms with Crippen LogP contribution in [0.4, 0.5) is 0 Å². The van der Waals surface area contributed by atoms with Crippen molar-refractivity contribution in [2.75, 3.05) is 0 Å². The monoisotopic (exact) mass is 236 g/mol. The second-order valence-corrected chi connectivity index (χ2v) is 4.92. The first-order valence-electron chi connectivity index (χ1n) is 5.61. The summed E-state index contributed by atoms with van der Waals surface area (Å²) in [5, 5.41) is 12.9. The molecule has 0 aliphatic heterocycles. The van der Waals surface area contributed by atoms with Crippen LogP contribution < -0.4 is 11.1 Å². The summed E-state index contributed by atoms with van der Waals surface area (Å²) in [6.45, 7) is 7.28. The summed E-state index contributed by atoms with van der Waals surface area (Å²) in [6.07, 6.45) is 0. The van der Waals surface area contributed by atoms with Gasteiger partial charge in [-0.15, -0.1) is 0 Å². The zero-order valence-corrected chi connectivity index (χ0v) is 10.7. The van der Waals surface area contributed by atoms with Crippen LogP contribution in [0.25, 0.3) is 0 Å². The topological polar surface area (TPSA) is 75.3 Å². The summed E-state index contributed by atoms with van der Waals surface area (Å²) >= 11 is 0. The molecule has 1 rings (SSSR count). The average Bonchev–Trinajstić information content (AvgIpc) is 2.20. The number of hydrogen-bond acceptors (Lipinski definition) is 3. The first-order valence-corrected chi connectivity index (χ1v) is 5.61. The Morgan fingerprint density at radius 1 is 1.47 bits per heavy atom. The fourth-order valence-corrected chi connectivity index (χ4v) is 1.71. The van der Waals surface area contributed by atoms with Crippen LogP contribution in [0.15, 0.2) is 18.2 Å². The molecular formula is C13H20N2O2. The summed E-state index contributed by atoms with van der Waals surface area (Å²) in [5.41, 5.74) is 6.31. The van der Waals surface area contributed by atoms with Crippen LogP contribution in [0.5, 0.6) is 5.75 Å². The lowest BCUT2D eigenvalue weighted by molar-refractivity contribution is -0.123. The van der Waals surface area contributed by atoms with Crippen LogP contribution in [0, 0.1) is 6.92 Å². The lowest BCUT2D eigenvalue weighted by Crippen LogP contribution is -2.51. The van der Waals surface area contributed by atoms with Gasteiger partial charge in [-0.1, -0.05) is 17.7 Å². The van der Waals surface area contributed by atoms with Gasteiger partial charge in [0.2, 0.25) is 5.91 Å². The van der Waals surface area contributed by atoms with E-state index in [2.05, 4.69) is 5.32 Å². The molecule has 0 aliphatic carbocycles. The Morgan fingerprint density at radius 2 is 2.06 bits per heavy atom. The van der Waals surface area contributed by atoms with Crippen LogP contribution in [0.1, 0.15) is 37.9 Å². The molecular weight excluding hydrogens is 216 g/mol. The number of carbonyl (C=O) groups is 1. The molecule has 1 unspecified atom stereocenters. The highest BCUT2D eigenvalue weighted by Crippen LogP contribution is 2.26. The molecule has 17 heavy (non-hydrogen) atoms. The van der Waals surface area contributed by atoms with Crippen molar-refractivity contribution in [3.05, 3.63) is 29.3 Å². The first-order chi connectivity index (χ1) is 7.74. The summed E-state index contributed by atoms with van der Waals surface area (Å²) in [4.78, 5) is 11.2. The smallest absolute Gasteiger partial charge is 0.237 e. The molecule has 94 valence electrons. The van der Waals surface area contributed by atoms with E-state index in [1.807, 2.05) is 26.0 Å². The van der Waals surface area contributed by atoms with E-state index in [1.54, 1.807) is 19.9 Å². The van der Waals surface area contributed by atoms with Gasteiger partial charge in [0.15, 0.2) is 0 Å². The third-order valence-electron chi connectivity index (χ3n) is 2.84. The van der Waals surface area contributed by atoms with Crippen molar-refractivity contribution in [1.29, 1.82) is 0 Å². The molecule has 0 spiro atoms. The molecule has 4 heteroatoms. The van der Waals surface area contributed by atoms with E-state index < -0.39 is 11.4 Å². The van der Waals surface area contributed by atoms with Gasteiger partial charge < -0.3 is 10.8 Å². The summed E-state index contributed by atoms with van der Waals surface area (Å²) in [7, 11) is 0. The van der Waals surface area contributed by atoms with E-state index in [0.717, 1.165) is 11.1 Å². The lowest BCUT2D eigenvalue weighted by Gasteiger charge is -2.27. The number of aryl methyl sites for hydroxylation is 1. The Labute approximate surface area is 102 Å². The minimum Gasteiger partial charge on any atom is -0.508 e. The molecule has 1 aromatic rings. The maximum Gasteiger partial charge on any atom is 0.237 e. The zero-order valence-electron chi connectivity index (χ0n) is 10.7. The minimum absolute atomic E-state index is 0.155. The van der Waals surface area contributed by atoms with Crippen LogP contribution in [-0.4, -0.2) is 16.6 Å². The maximum absolute atomic E-state index is 11.2. The van der Waals surface area contributed by atoms with Crippen molar-refractivity contribution in [1.82, 2.24) is 5.32 Å². The fourth-order valence-electron chi connectivity index (χ4n) is 1.71. The van der Waals surface area contributed by atoms with Gasteiger partial charge in [0.05, 0.1) is 5.54 Å². The van der Waals surface area contributed by atoms with Gasteiger partial charge in [-0.2, -0.15) is 0 Å². The largest absolute Gasteiger partial charge is 0.508 e. The van der Waals surface area contributed by atoms with Crippen LogP contribution in [0.3, 0.4) is 0 Å². The predicted octanol–water partition coefficient (Wildman–Crippen LogP) is 1.62. The van der Waals surface area contributed by atoms with Gasteiger partial charge in [0.25, 0.3) is 0 Å². The van der Waals surface area contributed by atoms with E-state index in [9.17, 15) is 9.90 Å². The van der Waals surface area contributed by atoms with Crippen LogP contribution in [0.2, 0.25) is 0 Å². The number of rotatable bonds is 4. The van der Waals surface area contributed by atoms with Crippen molar-refractivity contribution >= 4 is 5.91 Å². The number of primary amides is 1. The Bertz CT molecular complexity index is 427. The predicted molar refractivity (Wildman–Crippen MR) is 67.7 cm³/mol. The van der Waals surface area contributed by atoms with Crippen molar-refractivity contribution < 1.29 is 9.90 Å². The summed E-state index contributed by atoms with van der Waals surface area (Å²) in [5.74, 6) is -0.202. The molecule has 0 saturated carbocycles. The molecule has 0 aromatic heterocycles. The normalized spacial score (nSPS) is 13.4. The highest BCUT2D eigenvalue weighted by atomic mass is 16.3. The van der Waals surface area contributed by atoms with Crippen LogP contribution >= 0.6 is 0 Å². The second kappa shape index (κ2) is 4.75. The molecule has 0 saturated heterocycles. The molecule has 1 atom stereocenters. The molecule has 0 radical (unpaired) electrons. The van der Waals surface area contributed by atoms with Gasteiger partial charge in [-0.05, 0) is 33.8 Å². The molecule has 1 amide bonds. The van der Waals surface area contributed by atoms with Gasteiger partial charge in [-0.25, -0.2) is 0 Å². The van der Waals surface area contributed by atoms with Crippen molar-refractivity contribution in [3.8, 4) is 5.75 Å². The van der Waals surface area contributed by atoms with Crippen molar-refractivity contribution in [2.45, 2.75) is 39.3 Å². The Hall–Kier alpha value is -1.55. The summed E-state index contributed by atoms with van der Waals surface area (Å²) < 4.78 is 0. The fraction of sp³-hybridized carbons (Fsp3) is 0.462. The SMILES string of the molecule is Cc1ccc(O)c(C(C)NC(C)(C)C(N)=O)c1. The van der Waals surface area contributed by atoms with E-state index in [1.165, 1.54) is 0 Å². The molecule has 0 aliphatic rings. The number of aromatic hydroxyl groups is 1. The highest BCUT2D eigenvalue weighted by Gasteiger charge is 2.27. The number of nitrogens with one attached hydrogen (secondary N) is 1. The lowest BCUT2D eigenvalue weighted by atomic mass is 9.99. The first kappa shape index (κ1) is 13.5. The van der Waals surface area contributed by atoms with Gasteiger partial charge in [0.1, 0.15) is 5.75 Å². The third kappa shape index (κ3) is 3.20. The number of benzene rings is 1. The molecule has 4 nitrogen and oxygen atoms in total. The highest BCUT2D eigenvalue weighted by molar-refractivity contribution is 5.83. The molecule has 1 aromatic carbocycles. The van der Waals surface area contributed by atoms with Crippen LogP contribution in [-0.2, 0) is 4.79 Å². The Balaban J connectivity index is 2.94. The van der Waals surface area contributed by atoms with E-state index in [4.69, 9.17) is 5.73 Å². The van der Waals surface area contributed by atoms with Crippen molar-refractivity contribution in [2.24, 2.45) is 5.73 Å². The zero-order chi connectivity index (χ0) is 13.2. The third-order valence-corrected chi connectivity index (χ3v) is 2.84. The van der Waals surface area contributed by atoms with Gasteiger partial charge in [0, 0.05) is 11.6 Å². The number of phenolic OH excluding ortho intramolecular Hbond substituents is 1. The number of nitrogens with two attached hydrogens (primary N) is 1. The molecule has 0 bridgehead atoms. The Morgan fingerprint density at radius 3 is 2.59 bits per heavy atom. The average molecular weight is 236 g/mol. The van der Waals surface area contributed by atoms with Crippen molar-refractivity contribution in [3.63, 3.8) is 0 Å². The number of hydrogen-bond donors (Lipinski definition) is 3. The van der Waals surface area contributed by atoms with E-state index in [-0.39, 0.29) is 11.8 Å². The van der Waals surface area contributed by atoms with Gasteiger partial charge in [-0.3, -0.25) is 10.1 Å². The number of phenols is 1. The van der Waals surface area contributed by atoms with E-state index in [0.29, 0.717) is 0 Å². The molecule has 0 fully saturated rings. The standard InChI is InChI=1S/C13H20N2O2/c1-8-5-6-11(16)10(7-8)9(2)15-13(3,4)12(14)17/h5-7,9,15-16H,1-4H3,(H2,14,17). The maximum atomic E-state index is 11.2. The minimum atomic E-state index is -0.810. The molecule has 0 heterocycles. The summed E-state index contributed by atoms with van der Waals surface area (Å²) in [6, 6.07) is 5.23. The number of amides is 1. The Kier molecular flexibility index (Phi) is 3.78.